The van der Waals surface area contributed by atoms with Crippen LogP contribution in [-0.2, 0) is 21.5 Å². The van der Waals surface area contributed by atoms with Crippen molar-refractivity contribution in [1.82, 2.24) is 18.8 Å². The van der Waals surface area contributed by atoms with Gasteiger partial charge in [0.05, 0.1) is 6.20 Å². The van der Waals surface area contributed by atoms with E-state index in [0.717, 1.165) is 19.3 Å². The van der Waals surface area contributed by atoms with Gasteiger partial charge in [0, 0.05) is 32.7 Å². The molecule has 24 heavy (non-hydrogen) atoms. The summed E-state index contributed by atoms with van der Waals surface area (Å²) in [6, 6.07) is 1.05. The number of nitrogens with zero attached hydrogens (tertiary/aromatic N) is 4. The van der Waals surface area contributed by atoms with Gasteiger partial charge in [0.25, 0.3) is 10.2 Å². The average molecular weight is 357 g/mol. The molecule has 9 heteroatoms. The van der Waals surface area contributed by atoms with Crippen LogP contribution in [0.15, 0.2) is 12.3 Å². The monoisotopic (exact) mass is 357 g/mol. The minimum absolute atomic E-state index is 0.219. The quantitative estimate of drug-likeness (QED) is 0.751. The van der Waals surface area contributed by atoms with Gasteiger partial charge < -0.3 is 0 Å². The van der Waals surface area contributed by atoms with Crippen LogP contribution in [0.2, 0.25) is 0 Å². The first kappa shape index (κ1) is 18.9. The van der Waals surface area contributed by atoms with E-state index in [-0.39, 0.29) is 5.91 Å². The molecule has 1 saturated heterocycles. The lowest BCUT2D eigenvalue weighted by Gasteiger charge is -2.33. The van der Waals surface area contributed by atoms with Gasteiger partial charge in [0.2, 0.25) is 5.91 Å². The Hall–Kier alpha value is -1.45. The third-order valence-electron chi connectivity index (χ3n) is 4.24. The summed E-state index contributed by atoms with van der Waals surface area (Å²) in [5.74, 6) is 0.495. The lowest BCUT2D eigenvalue weighted by atomic mass is 10.1. The SMILES string of the molecule is CCCCN(C)S(=O)(=O)N[C@@H]1CCCN(c2ccnn2CC)C1=O. The number of unbranched alkanes of at least 4 members (excludes halogenated alkanes) is 1. The number of amides is 1. The molecule has 1 aliphatic heterocycles. The summed E-state index contributed by atoms with van der Waals surface area (Å²) in [7, 11) is -2.12. The second kappa shape index (κ2) is 8.09. The molecule has 0 radical (unpaired) electrons. The van der Waals surface area contributed by atoms with Crippen LogP contribution in [0.1, 0.15) is 39.5 Å². The molecule has 1 amide bonds. The first-order valence-corrected chi connectivity index (χ1v) is 9.91. The Bertz CT molecular complexity index is 658. The van der Waals surface area contributed by atoms with Crippen LogP contribution in [0.4, 0.5) is 5.82 Å². The number of nitrogens with one attached hydrogen (secondary N) is 1. The standard InChI is InChI=1S/C15H27N5O3S/c1-4-6-11-18(3)24(22,23)17-13-8-7-12-19(15(13)21)14-9-10-16-20(14)5-2/h9-10,13,17H,4-8,11-12H2,1-3H3/t13-/m1/s1. The van der Waals surface area contributed by atoms with E-state index in [9.17, 15) is 13.2 Å². The lowest BCUT2D eigenvalue weighted by molar-refractivity contribution is -0.121. The van der Waals surface area contributed by atoms with Crippen LogP contribution < -0.4 is 9.62 Å². The van der Waals surface area contributed by atoms with Crippen molar-refractivity contribution >= 4 is 21.9 Å². The van der Waals surface area contributed by atoms with E-state index in [1.807, 2.05) is 13.8 Å². The zero-order valence-electron chi connectivity index (χ0n) is 14.6. The Labute approximate surface area is 144 Å². The number of carbonyl (C=O) groups is 1. The second-order valence-corrected chi connectivity index (χ2v) is 7.80. The highest BCUT2D eigenvalue weighted by atomic mass is 32.2. The Balaban J connectivity index is 2.10. The third-order valence-corrected chi connectivity index (χ3v) is 5.82. The van der Waals surface area contributed by atoms with E-state index in [1.54, 1.807) is 21.8 Å². The predicted molar refractivity (Wildman–Crippen MR) is 92.9 cm³/mol. The first-order valence-electron chi connectivity index (χ1n) is 8.47. The number of aryl methyl sites for hydroxylation is 1. The van der Waals surface area contributed by atoms with Crippen molar-refractivity contribution in [2.75, 3.05) is 25.0 Å². The van der Waals surface area contributed by atoms with Crippen molar-refractivity contribution in [2.45, 2.75) is 52.1 Å². The summed E-state index contributed by atoms with van der Waals surface area (Å²) in [6.45, 7) is 5.64. The zero-order chi connectivity index (χ0) is 17.7. The molecule has 0 saturated carbocycles. The molecule has 0 aliphatic carbocycles. The van der Waals surface area contributed by atoms with Gasteiger partial charge in [0.15, 0.2) is 0 Å². The highest BCUT2D eigenvalue weighted by molar-refractivity contribution is 7.87. The summed E-state index contributed by atoms with van der Waals surface area (Å²) in [6.07, 6.45) is 4.61. The summed E-state index contributed by atoms with van der Waals surface area (Å²) < 4.78 is 30.4. The lowest BCUT2D eigenvalue weighted by Crippen LogP contribution is -2.55. The molecule has 1 aromatic heterocycles. The van der Waals surface area contributed by atoms with E-state index in [4.69, 9.17) is 0 Å². The summed E-state index contributed by atoms with van der Waals surface area (Å²) in [5, 5.41) is 4.18. The Kier molecular flexibility index (Phi) is 6.36. The molecular formula is C15H27N5O3S. The van der Waals surface area contributed by atoms with Crippen LogP contribution in [0.3, 0.4) is 0 Å². The van der Waals surface area contributed by atoms with E-state index in [1.165, 1.54) is 11.4 Å². The van der Waals surface area contributed by atoms with Gasteiger partial charge >= 0.3 is 0 Å². The highest BCUT2D eigenvalue weighted by Gasteiger charge is 2.34. The molecule has 0 spiro atoms. The topological polar surface area (TPSA) is 87.5 Å². The van der Waals surface area contributed by atoms with Crippen LogP contribution >= 0.6 is 0 Å². The van der Waals surface area contributed by atoms with E-state index < -0.39 is 16.3 Å². The molecule has 1 N–H and O–H groups in total. The summed E-state index contributed by atoms with van der Waals surface area (Å²) in [4.78, 5) is 14.4. The Morgan fingerprint density at radius 3 is 2.83 bits per heavy atom. The second-order valence-electron chi connectivity index (χ2n) is 5.99. The summed E-state index contributed by atoms with van der Waals surface area (Å²) in [5.41, 5.74) is 0. The Morgan fingerprint density at radius 1 is 1.42 bits per heavy atom. The number of carbonyl (C=O) groups excluding carboxylic acids is 1. The fourth-order valence-electron chi connectivity index (χ4n) is 2.78. The number of hydrogen-bond acceptors (Lipinski definition) is 4. The average Bonchev–Trinajstić information content (AvgIpc) is 3.02. The molecule has 1 aliphatic rings. The minimum atomic E-state index is -3.66. The molecule has 1 aromatic rings. The van der Waals surface area contributed by atoms with Gasteiger partial charge in [-0.1, -0.05) is 13.3 Å². The molecule has 136 valence electrons. The predicted octanol–water partition coefficient (Wildman–Crippen LogP) is 0.965. The van der Waals surface area contributed by atoms with Crippen LogP contribution in [-0.4, -0.2) is 54.6 Å². The number of hydrogen-bond donors (Lipinski definition) is 1. The minimum Gasteiger partial charge on any atom is -0.296 e. The zero-order valence-corrected chi connectivity index (χ0v) is 15.4. The van der Waals surface area contributed by atoms with Crippen molar-refractivity contribution < 1.29 is 13.2 Å². The van der Waals surface area contributed by atoms with Gasteiger partial charge in [-0.15, -0.1) is 0 Å². The van der Waals surface area contributed by atoms with Crippen LogP contribution in [0, 0.1) is 0 Å². The molecule has 1 atom stereocenters. The van der Waals surface area contributed by atoms with Crippen LogP contribution in [0.5, 0.6) is 0 Å². The molecule has 0 bridgehead atoms. The first-order chi connectivity index (χ1) is 11.4. The van der Waals surface area contributed by atoms with Gasteiger partial charge in [-0.3, -0.25) is 9.69 Å². The maximum Gasteiger partial charge on any atom is 0.279 e. The molecular weight excluding hydrogens is 330 g/mol. The van der Waals surface area contributed by atoms with Crippen LogP contribution in [0.25, 0.3) is 0 Å². The molecule has 0 aromatic carbocycles. The molecule has 0 unspecified atom stereocenters. The maximum absolute atomic E-state index is 12.7. The highest BCUT2D eigenvalue weighted by Crippen LogP contribution is 2.21. The van der Waals surface area contributed by atoms with Gasteiger partial charge in [-0.25, -0.2) is 4.68 Å². The van der Waals surface area contributed by atoms with Crippen molar-refractivity contribution in [3.8, 4) is 0 Å². The van der Waals surface area contributed by atoms with Crippen molar-refractivity contribution in [1.29, 1.82) is 0 Å². The molecule has 1 fully saturated rings. The van der Waals surface area contributed by atoms with E-state index in [2.05, 4.69) is 9.82 Å². The Morgan fingerprint density at radius 2 is 2.17 bits per heavy atom. The maximum atomic E-state index is 12.7. The smallest absolute Gasteiger partial charge is 0.279 e. The number of anilines is 1. The fourth-order valence-corrected chi connectivity index (χ4v) is 3.91. The molecule has 8 nitrogen and oxygen atoms in total. The number of rotatable bonds is 8. The molecule has 2 rings (SSSR count). The number of aromatic nitrogens is 2. The van der Waals surface area contributed by atoms with Crippen molar-refractivity contribution in [2.24, 2.45) is 0 Å². The van der Waals surface area contributed by atoms with Crippen molar-refractivity contribution in [3.05, 3.63) is 12.3 Å². The third kappa shape index (κ3) is 4.14. The fraction of sp³-hybridized carbons (Fsp3) is 0.733. The molecule has 2 heterocycles. The summed E-state index contributed by atoms with van der Waals surface area (Å²) >= 11 is 0. The normalized spacial score (nSPS) is 19.2. The van der Waals surface area contributed by atoms with E-state index >= 15 is 0 Å². The van der Waals surface area contributed by atoms with Gasteiger partial charge in [-0.05, 0) is 26.2 Å². The number of piperidine rings is 1. The van der Waals surface area contributed by atoms with E-state index in [0.29, 0.717) is 31.9 Å². The van der Waals surface area contributed by atoms with Gasteiger partial charge in [0.1, 0.15) is 11.9 Å². The van der Waals surface area contributed by atoms with Gasteiger partial charge in [-0.2, -0.15) is 22.5 Å². The largest absolute Gasteiger partial charge is 0.296 e. The van der Waals surface area contributed by atoms with Crippen molar-refractivity contribution in [3.63, 3.8) is 0 Å².